The number of thiol groups is 1. The number of furan rings is 1. The van der Waals surface area contributed by atoms with Gasteiger partial charge >= 0.3 is 0 Å². The SMILES string of the molecule is Cc1ccc2sc(C3CC4(CC(NC(=O)c5ccc(S(=O)(=O)NC6CC(CS)C6)o5)C4)C3)nc2c1. The van der Waals surface area contributed by atoms with Crippen LogP contribution in [0.5, 0.6) is 0 Å². The summed E-state index contributed by atoms with van der Waals surface area (Å²) in [4.78, 5) is 17.5. The Morgan fingerprint density at radius 3 is 2.69 bits per heavy atom. The molecule has 3 aliphatic rings. The van der Waals surface area contributed by atoms with Crippen LogP contribution < -0.4 is 10.0 Å². The molecule has 6 rings (SSSR count). The zero-order chi connectivity index (χ0) is 24.4. The highest BCUT2D eigenvalue weighted by molar-refractivity contribution is 7.89. The van der Waals surface area contributed by atoms with Gasteiger partial charge < -0.3 is 9.73 Å². The normalized spacial score (nSPS) is 30.0. The molecule has 1 spiro atoms. The fourth-order valence-corrected chi connectivity index (χ4v) is 8.45. The molecular formula is C25H29N3O4S3. The van der Waals surface area contributed by atoms with E-state index in [9.17, 15) is 13.2 Å². The number of fused-ring (bicyclic) bond motifs is 1. The van der Waals surface area contributed by atoms with Gasteiger partial charge in [0.1, 0.15) is 0 Å². The number of nitrogens with one attached hydrogen (secondary N) is 2. The first-order valence-electron chi connectivity index (χ1n) is 12.1. The predicted octanol–water partition coefficient (Wildman–Crippen LogP) is 4.64. The van der Waals surface area contributed by atoms with Crippen molar-refractivity contribution in [2.45, 2.75) is 68.5 Å². The van der Waals surface area contributed by atoms with Crippen LogP contribution in [-0.4, -0.2) is 37.1 Å². The number of aromatic nitrogens is 1. The second-order valence-corrected chi connectivity index (χ2v) is 13.7. The largest absolute Gasteiger partial charge is 0.438 e. The summed E-state index contributed by atoms with van der Waals surface area (Å²) in [6.45, 7) is 2.09. The van der Waals surface area contributed by atoms with Crippen LogP contribution in [0.2, 0.25) is 0 Å². The molecule has 186 valence electrons. The summed E-state index contributed by atoms with van der Waals surface area (Å²) < 4.78 is 34.4. The van der Waals surface area contributed by atoms with E-state index in [1.54, 1.807) is 11.3 Å². The number of benzene rings is 1. The number of thiazole rings is 1. The second kappa shape index (κ2) is 8.61. The van der Waals surface area contributed by atoms with Crippen molar-refractivity contribution >= 4 is 50.1 Å². The number of nitrogens with zero attached hydrogens (tertiary/aromatic N) is 1. The molecule has 35 heavy (non-hydrogen) atoms. The molecule has 3 saturated carbocycles. The lowest BCUT2D eigenvalue weighted by Gasteiger charge is -2.57. The minimum atomic E-state index is -3.77. The van der Waals surface area contributed by atoms with E-state index in [-0.39, 0.29) is 28.8 Å². The van der Waals surface area contributed by atoms with E-state index in [1.165, 1.54) is 27.4 Å². The highest BCUT2D eigenvalue weighted by Crippen LogP contribution is 2.62. The Morgan fingerprint density at radius 1 is 1.17 bits per heavy atom. The molecule has 0 radical (unpaired) electrons. The molecule has 7 nitrogen and oxygen atoms in total. The van der Waals surface area contributed by atoms with Gasteiger partial charge in [-0.2, -0.15) is 12.6 Å². The Bertz CT molecular complexity index is 1380. The Kier molecular flexibility index (Phi) is 5.78. The highest BCUT2D eigenvalue weighted by Gasteiger charge is 2.54. The van der Waals surface area contributed by atoms with Gasteiger partial charge in [-0.3, -0.25) is 4.79 Å². The minimum absolute atomic E-state index is 0.0319. The maximum atomic E-state index is 12.7. The van der Waals surface area contributed by atoms with E-state index in [1.807, 2.05) is 0 Å². The predicted molar refractivity (Wildman–Crippen MR) is 139 cm³/mol. The van der Waals surface area contributed by atoms with Crippen molar-refractivity contribution in [3.8, 4) is 0 Å². The van der Waals surface area contributed by atoms with Gasteiger partial charge in [-0.15, -0.1) is 11.3 Å². The summed E-state index contributed by atoms with van der Waals surface area (Å²) in [6.07, 6.45) is 5.67. The summed E-state index contributed by atoms with van der Waals surface area (Å²) >= 11 is 6.04. The average Bonchev–Trinajstić information content (AvgIpc) is 3.38. The summed E-state index contributed by atoms with van der Waals surface area (Å²) in [5.74, 6) is 1.39. The van der Waals surface area contributed by atoms with Gasteiger partial charge in [0.15, 0.2) is 5.76 Å². The number of hydrogen-bond donors (Lipinski definition) is 3. The number of sulfonamides is 1. The van der Waals surface area contributed by atoms with Gasteiger partial charge in [-0.25, -0.2) is 18.1 Å². The second-order valence-electron chi connectivity index (χ2n) is 10.7. The van der Waals surface area contributed by atoms with E-state index in [4.69, 9.17) is 9.40 Å². The first kappa shape index (κ1) is 23.5. The molecule has 0 unspecified atom stereocenters. The van der Waals surface area contributed by atoms with Crippen LogP contribution in [0.3, 0.4) is 0 Å². The van der Waals surface area contributed by atoms with E-state index in [0.717, 1.165) is 49.8 Å². The molecular weight excluding hydrogens is 502 g/mol. The molecule has 1 aromatic carbocycles. The summed E-state index contributed by atoms with van der Waals surface area (Å²) in [5, 5.41) is 4.02. The maximum absolute atomic E-state index is 12.7. The van der Waals surface area contributed by atoms with Crippen LogP contribution >= 0.6 is 24.0 Å². The zero-order valence-corrected chi connectivity index (χ0v) is 22.0. The lowest BCUT2D eigenvalue weighted by Crippen LogP contribution is -2.55. The van der Waals surface area contributed by atoms with Crippen molar-refractivity contribution in [2.75, 3.05) is 5.75 Å². The summed E-state index contributed by atoms with van der Waals surface area (Å²) in [6, 6.07) is 9.22. The van der Waals surface area contributed by atoms with Gasteiger partial charge in [0.25, 0.3) is 15.9 Å². The monoisotopic (exact) mass is 531 g/mol. The molecule has 0 atom stereocenters. The number of aryl methyl sites for hydroxylation is 1. The molecule has 1 amide bonds. The molecule has 3 aliphatic carbocycles. The van der Waals surface area contributed by atoms with Gasteiger partial charge in [0.05, 0.1) is 15.2 Å². The van der Waals surface area contributed by atoms with Crippen molar-refractivity contribution in [3.05, 3.63) is 46.7 Å². The van der Waals surface area contributed by atoms with Crippen molar-refractivity contribution in [3.63, 3.8) is 0 Å². The molecule has 2 heterocycles. The third-order valence-corrected chi connectivity index (χ3v) is 11.0. The van der Waals surface area contributed by atoms with Crippen LogP contribution in [0.25, 0.3) is 10.2 Å². The molecule has 0 aliphatic heterocycles. The van der Waals surface area contributed by atoms with E-state index < -0.39 is 10.0 Å². The molecule has 2 aromatic heterocycles. The van der Waals surface area contributed by atoms with Crippen molar-refractivity contribution in [2.24, 2.45) is 11.3 Å². The number of amides is 1. The Balaban J connectivity index is 0.999. The topological polar surface area (TPSA) is 101 Å². The zero-order valence-electron chi connectivity index (χ0n) is 19.5. The third kappa shape index (κ3) is 4.43. The van der Waals surface area contributed by atoms with E-state index in [2.05, 4.69) is 47.8 Å². The Hall–Kier alpha value is -1.88. The van der Waals surface area contributed by atoms with Gasteiger partial charge in [0, 0.05) is 18.0 Å². The van der Waals surface area contributed by atoms with E-state index >= 15 is 0 Å². The van der Waals surface area contributed by atoms with Crippen molar-refractivity contribution in [1.82, 2.24) is 15.0 Å². The van der Waals surface area contributed by atoms with Crippen LogP contribution in [0, 0.1) is 18.3 Å². The summed E-state index contributed by atoms with van der Waals surface area (Å²) in [5.41, 5.74) is 2.62. The van der Waals surface area contributed by atoms with Crippen molar-refractivity contribution < 1.29 is 17.6 Å². The standard InChI is InChI=1S/C25H29N3O4S3/c1-14-2-4-21-19(6-14)27-24(34-21)16-9-25(10-16)11-18(12-25)26-23(29)20-3-5-22(32-20)35(30,31)28-17-7-15(8-17)13-33/h2-6,15-18,28,33H,7-13H2,1H3,(H,26,29). The molecule has 3 aromatic rings. The highest BCUT2D eigenvalue weighted by atomic mass is 32.2. The molecule has 0 bridgehead atoms. The Labute approximate surface area is 214 Å². The first-order valence-corrected chi connectivity index (χ1v) is 15.1. The van der Waals surface area contributed by atoms with Crippen molar-refractivity contribution in [1.29, 1.82) is 0 Å². The van der Waals surface area contributed by atoms with Crippen LogP contribution in [0.4, 0.5) is 0 Å². The van der Waals surface area contributed by atoms with Crippen LogP contribution in [-0.2, 0) is 10.0 Å². The van der Waals surface area contributed by atoms with Gasteiger partial charge in [-0.1, -0.05) is 6.07 Å². The minimum Gasteiger partial charge on any atom is -0.438 e. The van der Waals surface area contributed by atoms with Crippen LogP contribution in [0.15, 0.2) is 39.8 Å². The number of hydrogen-bond acceptors (Lipinski definition) is 7. The van der Waals surface area contributed by atoms with Gasteiger partial charge in [0.2, 0.25) is 5.09 Å². The molecule has 10 heteroatoms. The quantitative estimate of drug-likeness (QED) is 0.386. The number of carbonyl (C=O) groups is 1. The maximum Gasteiger partial charge on any atom is 0.287 e. The summed E-state index contributed by atoms with van der Waals surface area (Å²) in [7, 11) is -3.77. The third-order valence-electron chi connectivity index (χ3n) is 7.85. The lowest BCUT2D eigenvalue weighted by atomic mass is 9.50. The molecule has 0 saturated heterocycles. The fourth-order valence-electron chi connectivity index (χ4n) is 5.91. The van der Waals surface area contributed by atoms with Crippen LogP contribution in [0.1, 0.15) is 65.6 Å². The lowest BCUT2D eigenvalue weighted by molar-refractivity contribution is -0.0190. The first-order chi connectivity index (χ1) is 16.7. The number of rotatable bonds is 7. The van der Waals surface area contributed by atoms with E-state index in [0.29, 0.717) is 17.3 Å². The average molecular weight is 532 g/mol. The fraction of sp³-hybridized carbons (Fsp3) is 0.520. The smallest absolute Gasteiger partial charge is 0.287 e. The number of carbonyl (C=O) groups excluding carboxylic acids is 1. The Morgan fingerprint density at radius 2 is 1.94 bits per heavy atom. The molecule has 3 fully saturated rings. The van der Waals surface area contributed by atoms with Gasteiger partial charge in [-0.05, 0) is 92.4 Å². The molecule has 2 N–H and O–H groups in total.